The minimum Gasteiger partial charge on any atom is -0.308 e. The average molecular weight is 225 g/mol. The van der Waals surface area contributed by atoms with Crippen LogP contribution in [-0.2, 0) is 6.54 Å². The highest BCUT2D eigenvalue weighted by Crippen LogP contribution is 2.23. The van der Waals surface area contributed by atoms with E-state index in [4.69, 9.17) is 0 Å². The molecule has 0 unspecified atom stereocenters. The van der Waals surface area contributed by atoms with Gasteiger partial charge in [0.1, 0.15) is 10.0 Å². The molecule has 0 saturated heterocycles. The number of hydrogen-bond donors (Lipinski definition) is 1. The van der Waals surface area contributed by atoms with Crippen LogP contribution >= 0.6 is 11.3 Å². The first-order valence-corrected chi connectivity index (χ1v) is 6.58. The zero-order valence-electron chi connectivity index (χ0n) is 9.49. The van der Waals surface area contributed by atoms with Crippen molar-refractivity contribution in [2.45, 2.75) is 52.1 Å². The predicted octanol–water partition coefficient (Wildman–Crippen LogP) is 2.51. The van der Waals surface area contributed by atoms with E-state index in [-0.39, 0.29) is 0 Å². The number of aromatic nitrogens is 2. The van der Waals surface area contributed by atoms with Crippen LogP contribution < -0.4 is 5.32 Å². The van der Waals surface area contributed by atoms with Crippen molar-refractivity contribution >= 4 is 11.3 Å². The zero-order chi connectivity index (χ0) is 10.7. The number of hydrogen-bond acceptors (Lipinski definition) is 4. The fourth-order valence-corrected chi connectivity index (χ4v) is 2.76. The summed E-state index contributed by atoms with van der Waals surface area (Å²) in [6.07, 6.45) is 5.37. The van der Waals surface area contributed by atoms with Gasteiger partial charge < -0.3 is 5.32 Å². The average Bonchev–Trinajstić information content (AvgIpc) is 2.64. The summed E-state index contributed by atoms with van der Waals surface area (Å²) >= 11 is 1.69. The minimum absolute atomic E-state index is 0.699. The van der Waals surface area contributed by atoms with Crippen LogP contribution in [0.15, 0.2) is 0 Å². The van der Waals surface area contributed by atoms with Crippen molar-refractivity contribution in [1.82, 2.24) is 15.5 Å². The van der Waals surface area contributed by atoms with E-state index < -0.39 is 0 Å². The van der Waals surface area contributed by atoms with Crippen molar-refractivity contribution in [3.8, 4) is 0 Å². The molecule has 0 bridgehead atoms. The summed E-state index contributed by atoms with van der Waals surface area (Å²) in [7, 11) is 0. The Kier molecular flexibility index (Phi) is 3.70. The zero-order valence-corrected chi connectivity index (χ0v) is 10.3. The summed E-state index contributed by atoms with van der Waals surface area (Å²) in [6.45, 7) is 5.25. The van der Waals surface area contributed by atoms with Crippen LogP contribution in [0.3, 0.4) is 0 Å². The molecule has 0 aromatic carbocycles. The van der Waals surface area contributed by atoms with Gasteiger partial charge in [0.05, 0.1) is 0 Å². The lowest BCUT2D eigenvalue weighted by molar-refractivity contribution is 0.306. The van der Waals surface area contributed by atoms with Gasteiger partial charge in [0.2, 0.25) is 0 Å². The Morgan fingerprint density at radius 2 is 2.00 bits per heavy atom. The monoisotopic (exact) mass is 225 g/mol. The molecule has 1 heterocycles. The van der Waals surface area contributed by atoms with Gasteiger partial charge in [-0.15, -0.1) is 21.5 Å². The molecule has 1 aliphatic carbocycles. The predicted molar refractivity (Wildman–Crippen MR) is 62.9 cm³/mol. The van der Waals surface area contributed by atoms with Gasteiger partial charge in [-0.2, -0.15) is 0 Å². The Labute approximate surface area is 95.3 Å². The van der Waals surface area contributed by atoms with Gasteiger partial charge in [-0.3, -0.25) is 0 Å². The van der Waals surface area contributed by atoms with Gasteiger partial charge in [-0.25, -0.2) is 0 Å². The van der Waals surface area contributed by atoms with Crippen molar-refractivity contribution in [1.29, 1.82) is 0 Å². The molecular formula is C11H19N3S. The summed E-state index contributed by atoms with van der Waals surface area (Å²) in [5.41, 5.74) is 0. The SMILES string of the molecule is Cc1nnc(CNC2CCC(C)CC2)s1. The third-order valence-electron chi connectivity index (χ3n) is 3.13. The minimum atomic E-state index is 0.699. The highest BCUT2D eigenvalue weighted by Gasteiger charge is 2.17. The molecule has 1 N–H and O–H groups in total. The van der Waals surface area contributed by atoms with Crippen molar-refractivity contribution in [3.63, 3.8) is 0 Å². The summed E-state index contributed by atoms with van der Waals surface area (Å²) in [4.78, 5) is 0. The molecule has 0 amide bonds. The van der Waals surface area contributed by atoms with Gasteiger partial charge in [-0.05, 0) is 38.5 Å². The third kappa shape index (κ3) is 3.24. The van der Waals surface area contributed by atoms with Crippen LogP contribution in [0.5, 0.6) is 0 Å². The molecule has 1 aromatic heterocycles. The molecule has 0 aliphatic heterocycles. The highest BCUT2D eigenvalue weighted by atomic mass is 32.1. The van der Waals surface area contributed by atoms with E-state index in [1.807, 2.05) is 6.92 Å². The molecule has 15 heavy (non-hydrogen) atoms. The van der Waals surface area contributed by atoms with Crippen molar-refractivity contribution in [3.05, 3.63) is 10.0 Å². The van der Waals surface area contributed by atoms with Gasteiger partial charge in [0.15, 0.2) is 0 Å². The highest BCUT2D eigenvalue weighted by molar-refractivity contribution is 7.11. The van der Waals surface area contributed by atoms with Gasteiger partial charge in [0.25, 0.3) is 0 Å². The van der Waals surface area contributed by atoms with Crippen molar-refractivity contribution < 1.29 is 0 Å². The van der Waals surface area contributed by atoms with Crippen molar-refractivity contribution in [2.24, 2.45) is 5.92 Å². The molecule has 1 aromatic rings. The van der Waals surface area contributed by atoms with E-state index in [2.05, 4.69) is 22.4 Å². The first-order valence-electron chi connectivity index (χ1n) is 5.76. The van der Waals surface area contributed by atoms with Gasteiger partial charge in [0, 0.05) is 12.6 Å². The van der Waals surface area contributed by atoms with Crippen LogP contribution in [0, 0.1) is 12.8 Å². The van der Waals surface area contributed by atoms with E-state index in [1.165, 1.54) is 25.7 Å². The van der Waals surface area contributed by atoms with Crippen LogP contribution in [0.1, 0.15) is 42.6 Å². The van der Waals surface area contributed by atoms with E-state index in [1.54, 1.807) is 11.3 Å². The van der Waals surface area contributed by atoms with E-state index in [0.717, 1.165) is 22.5 Å². The summed E-state index contributed by atoms with van der Waals surface area (Å²) < 4.78 is 0. The second kappa shape index (κ2) is 5.03. The molecule has 2 rings (SSSR count). The van der Waals surface area contributed by atoms with Crippen LogP contribution in [0.4, 0.5) is 0 Å². The molecule has 0 spiro atoms. The van der Waals surface area contributed by atoms with E-state index >= 15 is 0 Å². The quantitative estimate of drug-likeness (QED) is 0.859. The Balaban J connectivity index is 1.74. The second-order valence-electron chi connectivity index (χ2n) is 4.55. The lowest BCUT2D eigenvalue weighted by atomic mass is 9.87. The molecule has 84 valence electrons. The first-order chi connectivity index (χ1) is 7.24. The lowest BCUT2D eigenvalue weighted by Crippen LogP contribution is -2.32. The summed E-state index contributed by atoms with van der Waals surface area (Å²) in [5.74, 6) is 0.923. The van der Waals surface area contributed by atoms with E-state index in [9.17, 15) is 0 Å². The van der Waals surface area contributed by atoms with Gasteiger partial charge in [-0.1, -0.05) is 6.92 Å². The van der Waals surface area contributed by atoms with E-state index in [0.29, 0.717) is 6.04 Å². The fourth-order valence-electron chi connectivity index (χ4n) is 2.10. The molecule has 1 aliphatic rings. The largest absolute Gasteiger partial charge is 0.308 e. The fraction of sp³-hybridized carbons (Fsp3) is 0.818. The van der Waals surface area contributed by atoms with Gasteiger partial charge >= 0.3 is 0 Å². The first kappa shape index (κ1) is 11.0. The maximum Gasteiger partial charge on any atom is 0.131 e. The van der Waals surface area contributed by atoms with Crippen LogP contribution in [-0.4, -0.2) is 16.2 Å². The third-order valence-corrected chi connectivity index (χ3v) is 3.96. The molecule has 0 atom stereocenters. The van der Waals surface area contributed by atoms with Crippen LogP contribution in [0.25, 0.3) is 0 Å². The molecule has 3 nitrogen and oxygen atoms in total. The molecule has 4 heteroatoms. The standard InChI is InChI=1S/C11H19N3S/c1-8-3-5-10(6-4-8)12-7-11-14-13-9(2)15-11/h8,10,12H,3-7H2,1-2H3. The summed E-state index contributed by atoms with van der Waals surface area (Å²) in [5, 5.41) is 13.9. The van der Waals surface area contributed by atoms with Crippen molar-refractivity contribution in [2.75, 3.05) is 0 Å². The Bertz CT molecular complexity index is 303. The molecule has 1 saturated carbocycles. The molecule has 1 fully saturated rings. The molecule has 0 radical (unpaired) electrons. The normalized spacial score (nSPS) is 26.8. The number of rotatable bonds is 3. The Morgan fingerprint density at radius 3 is 2.60 bits per heavy atom. The number of aryl methyl sites for hydroxylation is 1. The number of nitrogens with zero attached hydrogens (tertiary/aromatic N) is 2. The second-order valence-corrected chi connectivity index (χ2v) is 5.82. The summed E-state index contributed by atoms with van der Waals surface area (Å²) in [6, 6.07) is 0.699. The van der Waals surface area contributed by atoms with Crippen LogP contribution in [0.2, 0.25) is 0 Å². The topological polar surface area (TPSA) is 37.8 Å². The number of nitrogens with one attached hydrogen (secondary N) is 1. The maximum absolute atomic E-state index is 4.12. The Hall–Kier alpha value is -0.480. The lowest BCUT2D eigenvalue weighted by Gasteiger charge is -2.26. The maximum atomic E-state index is 4.12. The molecular weight excluding hydrogens is 206 g/mol. The smallest absolute Gasteiger partial charge is 0.131 e. The Morgan fingerprint density at radius 1 is 1.27 bits per heavy atom.